The van der Waals surface area contributed by atoms with Gasteiger partial charge in [-0.05, 0) is 40.2 Å². The van der Waals surface area contributed by atoms with Gasteiger partial charge in [0.15, 0.2) is 0 Å². The van der Waals surface area contributed by atoms with Crippen LogP contribution < -0.4 is 5.32 Å². The number of halogens is 2. The molecule has 0 atom stereocenters. The standard InChI is InChI=1S/C14H7BrFNO2S/c15-8-5-7-10(17-14(19)13(7)18)6-12(8)20-11-4-2-1-3-9(11)16/h1-6H,(H,17,18,19). The molecule has 1 heterocycles. The number of carbonyl (C=O) groups excluding carboxylic acids is 2. The van der Waals surface area contributed by atoms with Crippen molar-refractivity contribution in [3.05, 3.63) is 52.3 Å². The molecule has 6 heteroatoms. The number of rotatable bonds is 2. The number of benzene rings is 2. The fourth-order valence-electron chi connectivity index (χ4n) is 1.87. The number of anilines is 1. The Morgan fingerprint density at radius 3 is 2.60 bits per heavy atom. The molecule has 100 valence electrons. The lowest BCUT2D eigenvalue weighted by Gasteiger charge is -2.07. The number of amides is 1. The summed E-state index contributed by atoms with van der Waals surface area (Å²) in [6, 6.07) is 9.67. The van der Waals surface area contributed by atoms with Gasteiger partial charge in [0.25, 0.3) is 11.7 Å². The van der Waals surface area contributed by atoms with Gasteiger partial charge in [0.05, 0.1) is 11.3 Å². The minimum absolute atomic E-state index is 0.315. The molecule has 0 bridgehead atoms. The second kappa shape index (κ2) is 5.03. The first kappa shape index (κ1) is 13.3. The van der Waals surface area contributed by atoms with Crippen LogP contribution in [0.4, 0.5) is 10.1 Å². The zero-order valence-corrected chi connectivity index (χ0v) is 12.3. The molecule has 2 aromatic rings. The lowest BCUT2D eigenvalue weighted by Crippen LogP contribution is -2.12. The molecule has 20 heavy (non-hydrogen) atoms. The maximum atomic E-state index is 13.6. The molecule has 1 amide bonds. The smallest absolute Gasteiger partial charge is 0.296 e. The van der Waals surface area contributed by atoms with Crippen LogP contribution in [-0.2, 0) is 4.79 Å². The van der Waals surface area contributed by atoms with Crippen molar-refractivity contribution in [3.8, 4) is 0 Å². The largest absolute Gasteiger partial charge is 0.318 e. The molecule has 0 saturated heterocycles. The van der Waals surface area contributed by atoms with Crippen molar-refractivity contribution >= 4 is 45.1 Å². The Hall–Kier alpha value is -1.66. The molecule has 0 aliphatic carbocycles. The highest BCUT2D eigenvalue weighted by atomic mass is 79.9. The molecule has 3 nitrogen and oxygen atoms in total. The second-order valence-corrected chi connectivity index (χ2v) is 6.08. The number of Topliss-reactive ketones (excluding diaryl/α,β-unsaturated/α-hetero) is 1. The summed E-state index contributed by atoms with van der Waals surface area (Å²) in [6.45, 7) is 0. The van der Waals surface area contributed by atoms with E-state index in [4.69, 9.17) is 0 Å². The molecule has 1 N–H and O–H groups in total. The normalized spacial score (nSPS) is 13.3. The lowest BCUT2D eigenvalue weighted by molar-refractivity contribution is -0.112. The van der Waals surface area contributed by atoms with E-state index in [1.54, 1.807) is 30.3 Å². The summed E-state index contributed by atoms with van der Waals surface area (Å²) in [7, 11) is 0. The first-order valence-electron chi connectivity index (χ1n) is 5.68. The van der Waals surface area contributed by atoms with E-state index < -0.39 is 11.7 Å². The quantitative estimate of drug-likeness (QED) is 0.835. The van der Waals surface area contributed by atoms with Crippen LogP contribution in [0.1, 0.15) is 10.4 Å². The Morgan fingerprint density at radius 2 is 1.85 bits per heavy atom. The van der Waals surface area contributed by atoms with Crippen molar-refractivity contribution in [2.24, 2.45) is 0 Å². The highest BCUT2D eigenvalue weighted by Gasteiger charge is 2.29. The van der Waals surface area contributed by atoms with E-state index in [9.17, 15) is 14.0 Å². The number of hydrogen-bond donors (Lipinski definition) is 1. The summed E-state index contributed by atoms with van der Waals surface area (Å²) >= 11 is 4.57. The average molecular weight is 352 g/mol. The van der Waals surface area contributed by atoms with Crippen LogP contribution >= 0.6 is 27.7 Å². The molecule has 0 spiro atoms. The van der Waals surface area contributed by atoms with Gasteiger partial charge in [-0.25, -0.2) is 4.39 Å². The molecular formula is C14H7BrFNO2S. The fourth-order valence-corrected chi connectivity index (χ4v) is 3.34. The maximum absolute atomic E-state index is 13.6. The number of fused-ring (bicyclic) bond motifs is 1. The summed E-state index contributed by atoms with van der Waals surface area (Å²) < 4.78 is 14.3. The minimum atomic E-state index is -0.639. The number of nitrogens with one attached hydrogen (secondary N) is 1. The predicted molar refractivity (Wildman–Crippen MR) is 77.6 cm³/mol. The van der Waals surface area contributed by atoms with Crippen LogP contribution in [0.3, 0.4) is 0 Å². The highest BCUT2D eigenvalue weighted by molar-refractivity contribution is 9.10. The van der Waals surface area contributed by atoms with Crippen LogP contribution in [0.25, 0.3) is 0 Å². The Balaban J connectivity index is 2.01. The third-order valence-corrected chi connectivity index (χ3v) is 4.85. The van der Waals surface area contributed by atoms with E-state index in [1.165, 1.54) is 17.8 Å². The van der Waals surface area contributed by atoms with E-state index >= 15 is 0 Å². The zero-order valence-electron chi connectivity index (χ0n) is 9.94. The van der Waals surface area contributed by atoms with Gasteiger partial charge in [-0.2, -0.15) is 0 Å². The van der Waals surface area contributed by atoms with Crippen LogP contribution in [0, 0.1) is 5.82 Å². The zero-order chi connectivity index (χ0) is 14.3. The van der Waals surface area contributed by atoms with E-state index in [1.807, 2.05) is 0 Å². The van der Waals surface area contributed by atoms with Crippen molar-refractivity contribution in [2.75, 3.05) is 5.32 Å². The summed E-state index contributed by atoms with van der Waals surface area (Å²) in [5.74, 6) is -1.51. The minimum Gasteiger partial charge on any atom is -0.318 e. The summed E-state index contributed by atoms with van der Waals surface area (Å²) in [4.78, 5) is 24.1. The van der Waals surface area contributed by atoms with Gasteiger partial charge in [0, 0.05) is 14.3 Å². The van der Waals surface area contributed by atoms with Gasteiger partial charge in [0.1, 0.15) is 5.82 Å². The first-order valence-corrected chi connectivity index (χ1v) is 7.29. The molecule has 1 aliphatic heterocycles. The molecule has 0 radical (unpaired) electrons. The van der Waals surface area contributed by atoms with Crippen molar-refractivity contribution in [2.45, 2.75) is 9.79 Å². The van der Waals surface area contributed by atoms with E-state index in [-0.39, 0.29) is 5.82 Å². The number of ketones is 1. The monoisotopic (exact) mass is 351 g/mol. The van der Waals surface area contributed by atoms with Crippen LogP contribution in [-0.4, -0.2) is 11.7 Å². The summed E-state index contributed by atoms with van der Waals surface area (Å²) in [6.07, 6.45) is 0. The van der Waals surface area contributed by atoms with Crippen molar-refractivity contribution in [3.63, 3.8) is 0 Å². The SMILES string of the molecule is O=C1Nc2cc(Sc3ccccc3F)c(Br)cc2C1=O. The van der Waals surface area contributed by atoms with Gasteiger partial charge >= 0.3 is 0 Å². The van der Waals surface area contributed by atoms with E-state index in [0.717, 1.165) is 4.90 Å². The fraction of sp³-hybridized carbons (Fsp3) is 0. The molecule has 0 saturated carbocycles. The van der Waals surface area contributed by atoms with Crippen molar-refractivity contribution in [1.29, 1.82) is 0 Å². The summed E-state index contributed by atoms with van der Waals surface area (Å²) in [5, 5.41) is 2.50. The number of hydrogen-bond acceptors (Lipinski definition) is 3. The highest BCUT2D eigenvalue weighted by Crippen LogP contribution is 2.39. The Morgan fingerprint density at radius 1 is 1.10 bits per heavy atom. The molecule has 0 aromatic heterocycles. The maximum Gasteiger partial charge on any atom is 0.296 e. The van der Waals surface area contributed by atoms with Crippen LogP contribution in [0.2, 0.25) is 0 Å². The van der Waals surface area contributed by atoms with Crippen molar-refractivity contribution < 1.29 is 14.0 Å². The molecule has 0 fully saturated rings. The topological polar surface area (TPSA) is 46.2 Å². The third-order valence-electron chi connectivity index (χ3n) is 2.83. The van der Waals surface area contributed by atoms with Crippen molar-refractivity contribution in [1.82, 2.24) is 0 Å². The third kappa shape index (κ3) is 2.25. The number of carbonyl (C=O) groups is 2. The Labute approximate surface area is 126 Å². The molecule has 0 unspecified atom stereocenters. The van der Waals surface area contributed by atoms with Crippen LogP contribution in [0.15, 0.2) is 50.7 Å². The Bertz CT molecular complexity index is 748. The average Bonchev–Trinajstić information content (AvgIpc) is 2.69. The van der Waals surface area contributed by atoms with Gasteiger partial charge in [-0.1, -0.05) is 23.9 Å². The molecule has 3 rings (SSSR count). The van der Waals surface area contributed by atoms with E-state index in [0.29, 0.717) is 20.6 Å². The van der Waals surface area contributed by atoms with Crippen LogP contribution in [0.5, 0.6) is 0 Å². The Kier molecular flexibility index (Phi) is 3.35. The molecular weight excluding hydrogens is 345 g/mol. The lowest BCUT2D eigenvalue weighted by atomic mass is 10.1. The predicted octanol–water partition coefficient (Wildman–Crippen LogP) is 3.87. The second-order valence-electron chi connectivity index (χ2n) is 4.14. The molecule has 1 aliphatic rings. The first-order chi connectivity index (χ1) is 9.56. The van der Waals surface area contributed by atoms with Gasteiger partial charge in [0.2, 0.25) is 0 Å². The summed E-state index contributed by atoms with van der Waals surface area (Å²) in [5.41, 5.74) is 0.793. The molecule has 2 aromatic carbocycles. The van der Waals surface area contributed by atoms with Gasteiger partial charge in [-0.15, -0.1) is 0 Å². The van der Waals surface area contributed by atoms with Gasteiger partial charge in [-0.3, -0.25) is 9.59 Å². The van der Waals surface area contributed by atoms with Gasteiger partial charge < -0.3 is 5.32 Å². The van der Waals surface area contributed by atoms with E-state index in [2.05, 4.69) is 21.2 Å².